The van der Waals surface area contributed by atoms with E-state index in [0.29, 0.717) is 9.23 Å². The van der Waals surface area contributed by atoms with Crippen LogP contribution in [0.1, 0.15) is 0 Å². The van der Waals surface area contributed by atoms with Crippen molar-refractivity contribution >= 4 is 51.7 Å². The molecule has 1 saturated heterocycles. The number of thioether (sulfide) groups is 2. The van der Waals surface area contributed by atoms with Crippen molar-refractivity contribution in [3.8, 4) is 0 Å². The summed E-state index contributed by atoms with van der Waals surface area (Å²) in [4.78, 5) is 17.7. The second-order valence-electron chi connectivity index (χ2n) is 4.31. The molecule has 1 aromatic rings. The molecule has 0 aromatic heterocycles. The molecule has 2 heterocycles. The van der Waals surface area contributed by atoms with Gasteiger partial charge in [-0.05, 0) is 12.1 Å². The van der Waals surface area contributed by atoms with Gasteiger partial charge in [-0.15, -0.1) is 0 Å². The summed E-state index contributed by atoms with van der Waals surface area (Å²) in [7, 11) is 1.95. The fourth-order valence-electron chi connectivity index (χ4n) is 2.12. The summed E-state index contributed by atoms with van der Waals surface area (Å²) in [5.74, 6) is -0.115. The highest BCUT2D eigenvalue weighted by Gasteiger charge is 2.37. The summed E-state index contributed by atoms with van der Waals surface area (Å²) in [5, 5.41) is 9.92. The molecule has 2 aliphatic rings. The Morgan fingerprint density at radius 3 is 2.75 bits per heavy atom. The number of fused-ring (bicyclic) bond motifs is 1. The summed E-state index contributed by atoms with van der Waals surface area (Å²) in [6.45, 7) is 0.168. The van der Waals surface area contributed by atoms with Crippen molar-refractivity contribution in [2.24, 2.45) is 0 Å². The van der Waals surface area contributed by atoms with E-state index >= 15 is 0 Å². The third-order valence-corrected chi connectivity index (χ3v) is 5.91. The van der Waals surface area contributed by atoms with Gasteiger partial charge in [-0.2, -0.15) is 0 Å². The molecule has 0 unspecified atom stereocenters. The third-order valence-electron chi connectivity index (χ3n) is 3.10. The molecule has 0 radical (unpaired) electrons. The maximum absolute atomic E-state index is 12.4. The number of amides is 1. The van der Waals surface area contributed by atoms with E-state index in [1.165, 1.54) is 16.7 Å². The summed E-state index contributed by atoms with van der Waals surface area (Å²) >= 11 is 8.11. The second kappa shape index (κ2) is 5.40. The lowest BCUT2D eigenvalue weighted by Gasteiger charge is -2.15. The van der Waals surface area contributed by atoms with Gasteiger partial charge in [0.1, 0.15) is 9.23 Å². The Balaban J connectivity index is 1.98. The van der Waals surface area contributed by atoms with Crippen LogP contribution in [0.2, 0.25) is 0 Å². The van der Waals surface area contributed by atoms with Gasteiger partial charge in [0, 0.05) is 11.9 Å². The Bertz CT molecular complexity index is 630. The number of hydrogen-bond acceptors (Lipinski definition) is 6. The van der Waals surface area contributed by atoms with E-state index in [9.17, 15) is 4.79 Å². The monoisotopic (exact) mass is 324 g/mol. The van der Waals surface area contributed by atoms with Gasteiger partial charge in [-0.3, -0.25) is 9.69 Å². The highest BCUT2D eigenvalue weighted by atomic mass is 32.2. The summed E-state index contributed by atoms with van der Waals surface area (Å²) in [5.41, 5.74) is 1.10. The molecule has 0 atom stereocenters. The van der Waals surface area contributed by atoms with Crippen molar-refractivity contribution in [3.05, 3.63) is 34.2 Å². The number of carbonyl (C=O) groups is 1. The zero-order valence-electron chi connectivity index (χ0n) is 10.7. The number of para-hydroxylation sites is 1. The normalized spacial score (nSPS) is 21.9. The quantitative estimate of drug-likeness (QED) is 0.665. The number of aliphatic hydroxyl groups is 1. The first-order valence-corrected chi connectivity index (χ1v) is 8.07. The fraction of sp³-hybridized carbons (Fsp3) is 0.231. The first-order valence-electron chi connectivity index (χ1n) is 6.03. The van der Waals surface area contributed by atoms with Crippen LogP contribution in [0.4, 0.5) is 5.69 Å². The van der Waals surface area contributed by atoms with Crippen LogP contribution in [0.3, 0.4) is 0 Å². The third kappa shape index (κ3) is 2.14. The van der Waals surface area contributed by atoms with Crippen molar-refractivity contribution in [1.29, 1.82) is 0 Å². The van der Waals surface area contributed by atoms with Crippen LogP contribution in [0, 0.1) is 0 Å². The largest absolute Gasteiger partial charge is 0.395 e. The molecule has 1 aromatic carbocycles. The lowest BCUT2D eigenvalue weighted by atomic mass is 10.3. The molecule has 3 rings (SSSR count). The Morgan fingerprint density at radius 2 is 2.05 bits per heavy atom. The van der Waals surface area contributed by atoms with Crippen molar-refractivity contribution in [2.75, 3.05) is 25.1 Å². The van der Waals surface area contributed by atoms with E-state index in [4.69, 9.17) is 17.3 Å². The topological polar surface area (TPSA) is 43.8 Å². The first kappa shape index (κ1) is 13.9. The zero-order chi connectivity index (χ0) is 14.3. The Kier molecular flexibility index (Phi) is 3.76. The number of nitrogens with zero attached hydrogens (tertiary/aromatic N) is 2. The summed E-state index contributed by atoms with van der Waals surface area (Å²) in [6.07, 6.45) is 0. The van der Waals surface area contributed by atoms with Crippen molar-refractivity contribution in [2.45, 2.75) is 4.90 Å². The van der Waals surface area contributed by atoms with Gasteiger partial charge in [0.05, 0.1) is 23.9 Å². The molecule has 4 nitrogen and oxygen atoms in total. The maximum Gasteiger partial charge on any atom is 0.268 e. The zero-order valence-corrected chi connectivity index (χ0v) is 13.1. The Labute approximate surface area is 130 Å². The molecular formula is C13H12N2O2S3. The van der Waals surface area contributed by atoms with Gasteiger partial charge in [0.2, 0.25) is 0 Å². The molecule has 104 valence electrons. The van der Waals surface area contributed by atoms with Gasteiger partial charge < -0.3 is 10.0 Å². The van der Waals surface area contributed by atoms with Crippen LogP contribution in [-0.4, -0.2) is 40.4 Å². The van der Waals surface area contributed by atoms with Gasteiger partial charge in [-0.1, -0.05) is 47.9 Å². The molecule has 0 spiro atoms. The standard InChI is InChI=1S/C13H12N2O2S3/c1-14-8-4-2-3-5-9(8)19-12(14)10-11(17)15(6-7-16)13(18)20-10/h2-5,16H,6-7H2,1H3/b12-10-. The average molecular weight is 324 g/mol. The number of rotatable bonds is 2. The molecule has 0 bridgehead atoms. The molecule has 20 heavy (non-hydrogen) atoms. The SMILES string of the molecule is CN1/C(=C2/SC(=S)N(CCO)C2=O)Sc2ccccc21. The smallest absolute Gasteiger partial charge is 0.268 e. The van der Waals surface area contributed by atoms with Crippen LogP contribution in [0.15, 0.2) is 39.1 Å². The maximum atomic E-state index is 12.4. The van der Waals surface area contributed by atoms with Crippen molar-refractivity contribution in [3.63, 3.8) is 0 Å². The van der Waals surface area contributed by atoms with E-state index < -0.39 is 0 Å². The predicted molar refractivity (Wildman–Crippen MR) is 86.7 cm³/mol. The number of aliphatic hydroxyl groups excluding tert-OH is 1. The average Bonchev–Trinajstić information content (AvgIpc) is 2.92. The van der Waals surface area contributed by atoms with Crippen molar-refractivity contribution in [1.82, 2.24) is 4.90 Å². The van der Waals surface area contributed by atoms with Crippen LogP contribution >= 0.6 is 35.7 Å². The highest BCUT2D eigenvalue weighted by molar-refractivity contribution is 8.27. The molecular weight excluding hydrogens is 312 g/mol. The second-order valence-corrected chi connectivity index (χ2v) is 6.99. The molecule has 2 aliphatic heterocycles. The minimum absolute atomic E-state index is 0.0851. The predicted octanol–water partition coefficient (Wildman–Crippen LogP) is 2.25. The molecule has 1 fully saturated rings. The Hall–Kier alpha value is -1.02. The van der Waals surface area contributed by atoms with Gasteiger partial charge in [0.15, 0.2) is 0 Å². The first-order chi connectivity index (χ1) is 9.63. The summed E-state index contributed by atoms with van der Waals surface area (Å²) in [6, 6.07) is 8.04. The van der Waals surface area contributed by atoms with Crippen LogP contribution in [0.25, 0.3) is 0 Å². The van der Waals surface area contributed by atoms with Crippen LogP contribution < -0.4 is 4.90 Å². The summed E-state index contributed by atoms with van der Waals surface area (Å²) < 4.78 is 0.511. The molecule has 7 heteroatoms. The lowest BCUT2D eigenvalue weighted by molar-refractivity contribution is -0.122. The van der Waals surface area contributed by atoms with Crippen LogP contribution in [-0.2, 0) is 4.79 Å². The van der Waals surface area contributed by atoms with Gasteiger partial charge in [-0.25, -0.2) is 0 Å². The number of β-amino-alcohol motifs (C(OH)–C–C–N with tert-alkyl or cyclic N) is 1. The number of anilines is 1. The number of hydrogen-bond donors (Lipinski definition) is 1. The minimum atomic E-state index is -0.115. The van der Waals surface area contributed by atoms with E-state index in [-0.39, 0.29) is 19.1 Å². The van der Waals surface area contributed by atoms with Gasteiger partial charge in [0.25, 0.3) is 5.91 Å². The number of benzene rings is 1. The fourth-order valence-corrected chi connectivity index (χ4v) is 4.76. The molecule has 1 amide bonds. The van der Waals surface area contributed by atoms with E-state index in [2.05, 4.69) is 0 Å². The van der Waals surface area contributed by atoms with Crippen LogP contribution in [0.5, 0.6) is 0 Å². The number of thiocarbonyl (C=S) groups is 1. The van der Waals surface area contributed by atoms with E-state index in [1.54, 1.807) is 11.8 Å². The number of carbonyl (C=O) groups excluding carboxylic acids is 1. The van der Waals surface area contributed by atoms with E-state index in [0.717, 1.165) is 15.6 Å². The Morgan fingerprint density at radius 1 is 1.30 bits per heavy atom. The molecule has 0 saturated carbocycles. The van der Waals surface area contributed by atoms with Crippen molar-refractivity contribution < 1.29 is 9.90 Å². The molecule has 1 N–H and O–H groups in total. The van der Waals surface area contributed by atoms with E-state index in [1.807, 2.05) is 36.2 Å². The highest BCUT2D eigenvalue weighted by Crippen LogP contribution is 2.49. The lowest BCUT2D eigenvalue weighted by Crippen LogP contribution is -2.31. The van der Waals surface area contributed by atoms with Gasteiger partial charge >= 0.3 is 0 Å². The molecule has 0 aliphatic carbocycles. The minimum Gasteiger partial charge on any atom is -0.395 e.